The minimum atomic E-state index is -0.185. The second-order valence-corrected chi connectivity index (χ2v) is 7.96. The van der Waals surface area contributed by atoms with Gasteiger partial charge in [-0.1, -0.05) is 26.8 Å². The second kappa shape index (κ2) is 7.07. The van der Waals surface area contributed by atoms with Crippen LogP contribution in [0.1, 0.15) is 43.9 Å². The number of halogens is 1. The number of nitrogens with one attached hydrogen (secondary N) is 1. The lowest BCUT2D eigenvalue weighted by Gasteiger charge is -2.13. The molecule has 1 N–H and O–H groups in total. The van der Waals surface area contributed by atoms with Gasteiger partial charge in [-0.15, -0.1) is 0 Å². The van der Waals surface area contributed by atoms with Gasteiger partial charge < -0.3 is 9.88 Å². The predicted octanol–water partition coefficient (Wildman–Crippen LogP) is 4.40. The quantitative estimate of drug-likeness (QED) is 0.686. The number of anilines is 1. The van der Waals surface area contributed by atoms with Gasteiger partial charge in [0.15, 0.2) is 5.82 Å². The van der Waals surface area contributed by atoms with E-state index in [-0.39, 0.29) is 11.3 Å². The summed E-state index contributed by atoms with van der Waals surface area (Å²) < 4.78 is 4.44. The highest BCUT2D eigenvalue weighted by molar-refractivity contribution is 9.10. The van der Waals surface area contributed by atoms with E-state index in [2.05, 4.69) is 52.1 Å². The van der Waals surface area contributed by atoms with Crippen molar-refractivity contribution in [3.63, 3.8) is 0 Å². The summed E-state index contributed by atoms with van der Waals surface area (Å²) in [6.07, 6.45) is 3.60. The normalized spacial score (nSPS) is 11.6. The van der Waals surface area contributed by atoms with Crippen LogP contribution in [0, 0.1) is 0 Å². The largest absolute Gasteiger partial charge is 0.343 e. The van der Waals surface area contributed by atoms with Crippen molar-refractivity contribution in [2.24, 2.45) is 0 Å². The summed E-state index contributed by atoms with van der Waals surface area (Å²) in [6.45, 7) is 8.97. The van der Waals surface area contributed by atoms with E-state index >= 15 is 0 Å². The van der Waals surface area contributed by atoms with Crippen molar-refractivity contribution < 1.29 is 4.79 Å². The van der Waals surface area contributed by atoms with Crippen molar-refractivity contribution in [2.75, 3.05) is 5.32 Å². The van der Waals surface area contributed by atoms with E-state index in [0.29, 0.717) is 23.9 Å². The molecular weight excluding hydrogens is 394 g/mol. The smallest absolute Gasteiger partial charge is 0.273 e. The molecule has 3 aromatic heterocycles. The van der Waals surface area contributed by atoms with Crippen LogP contribution in [-0.2, 0) is 12.0 Å². The first-order chi connectivity index (χ1) is 12.3. The van der Waals surface area contributed by atoms with Crippen molar-refractivity contribution >= 4 is 27.7 Å². The fourth-order valence-electron chi connectivity index (χ4n) is 2.60. The molecule has 1 amide bonds. The summed E-state index contributed by atoms with van der Waals surface area (Å²) in [5.74, 6) is 1.07. The number of amides is 1. The monoisotopic (exact) mass is 415 g/mol. The molecule has 6 nitrogen and oxygen atoms in total. The molecule has 0 aliphatic heterocycles. The number of hydrogen-bond acceptors (Lipinski definition) is 3. The molecule has 3 rings (SSSR count). The van der Waals surface area contributed by atoms with Crippen molar-refractivity contribution in [3.8, 4) is 5.82 Å². The summed E-state index contributed by atoms with van der Waals surface area (Å²) in [7, 11) is 0. The molecule has 7 heteroatoms. The van der Waals surface area contributed by atoms with Gasteiger partial charge in [0, 0.05) is 34.9 Å². The summed E-state index contributed by atoms with van der Waals surface area (Å²) in [6, 6.07) is 9.32. The van der Waals surface area contributed by atoms with Gasteiger partial charge in [-0.05, 0) is 41.1 Å². The van der Waals surface area contributed by atoms with Gasteiger partial charge >= 0.3 is 0 Å². The third kappa shape index (κ3) is 3.72. The fourth-order valence-corrected chi connectivity index (χ4v) is 3.06. The molecule has 0 saturated carbocycles. The average molecular weight is 416 g/mol. The lowest BCUT2D eigenvalue weighted by atomic mass is 9.92. The molecule has 0 fully saturated rings. The molecule has 0 spiro atoms. The zero-order valence-corrected chi connectivity index (χ0v) is 16.9. The molecule has 3 heterocycles. The molecule has 0 radical (unpaired) electrons. The third-order valence-corrected chi connectivity index (χ3v) is 4.46. The third-order valence-electron chi connectivity index (χ3n) is 4.02. The van der Waals surface area contributed by atoms with Crippen LogP contribution in [0.25, 0.3) is 5.82 Å². The lowest BCUT2D eigenvalue weighted by molar-refractivity contribution is 0.101. The van der Waals surface area contributed by atoms with Gasteiger partial charge in [0.25, 0.3) is 5.91 Å². The van der Waals surface area contributed by atoms with Gasteiger partial charge in [-0.25, -0.2) is 4.98 Å². The Morgan fingerprint density at radius 2 is 2.04 bits per heavy atom. The minimum absolute atomic E-state index is 0.147. The highest BCUT2D eigenvalue weighted by Crippen LogP contribution is 2.26. The van der Waals surface area contributed by atoms with Crippen LogP contribution in [0.4, 0.5) is 5.82 Å². The highest BCUT2D eigenvalue weighted by Gasteiger charge is 2.23. The van der Waals surface area contributed by atoms with Crippen LogP contribution in [0.3, 0.4) is 0 Å². The number of aromatic nitrogens is 4. The predicted molar refractivity (Wildman–Crippen MR) is 106 cm³/mol. The molecule has 136 valence electrons. The number of carbonyl (C=O) groups is 1. The Hall–Kier alpha value is -2.41. The second-order valence-electron chi connectivity index (χ2n) is 7.05. The van der Waals surface area contributed by atoms with Gasteiger partial charge in [0.1, 0.15) is 11.5 Å². The van der Waals surface area contributed by atoms with Crippen LogP contribution in [0.15, 0.2) is 47.2 Å². The maximum absolute atomic E-state index is 12.8. The summed E-state index contributed by atoms with van der Waals surface area (Å²) >= 11 is 3.43. The van der Waals surface area contributed by atoms with E-state index in [1.54, 1.807) is 10.9 Å². The van der Waals surface area contributed by atoms with Crippen molar-refractivity contribution in [1.29, 1.82) is 0 Å². The topological polar surface area (TPSA) is 64.7 Å². The standard InChI is InChI=1S/C19H22BrN5O/c1-5-24-12-13(20)10-14(24)18(26)22-17-11-15(19(2,3)4)23-25(17)16-8-6-7-9-21-16/h6-12H,5H2,1-4H3,(H,22,26). The van der Waals surface area contributed by atoms with Gasteiger partial charge in [-0.3, -0.25) is 4.79 Å². The number of rotatable bonds is 4. The van der Waals surface area contributed by atoms with Crippen molar-refractivity contribution in [1.82, 2.24) is 19.3 Å². The summed E-state index contributed by atoms with van der Waals surface area (Å²) in [4.78, 5) is 17.2. The van der Waals surface area contributed by atoms with E-state index in [0.717, 1.165) is 10.2 Å². The van der Waals surface area contributed by atoms with E-state index in [1.165, 1.54) is 0 Å². The fraction of sp³-hybridized carbons (Fsp3) is 0.316. The molecule has 0 unspecified atom stereocenters. The number of pyridine rings is 1. The first-order valence-electron chi connectivity index (χ1n) is 8.48. The molecule has 0 aromatic carbocycles. The summed E-state index contributed by atoms with van der Waals surface area (Å²) in [5.41, 5.74) is 1.32. The molecule has 0 aliphatic rings. The zero-order valence-electron chi connectivity index (χ0n) is 15.3. The summed E-state index contributed by atoms with van der Waals surface area (Å²) in [5, 5.41) is 7.66. The SMILES string of the molecule is CCn1cc(Br)cc1C(=O)Nc1cc(C(C)(C)C)nn1-c1ccccn1. The zero-order chi connectivity index (χ0) is 18.9. The Morgan fingerprint density at radius 3 is 2.65 bits per heavy atom. The van der Waals surface area contributed by atoms with Crippen LogP contribution < -0.4 is 5.32 Å². The highest BCUT2D eigenvalue weighted by atomic mass is 79.9. The molecule has 0 aliphatic carbocycles. The van der Waals surface area contributed by atoms with Crippen molar-refractivity contribution in [2.45, 2.75) is 39.7 Å². The number of hydrogen-bond donors (Lipinski definition) is 1. The lowest BCUT2D eigenvalue weighted by Crippen LogP contribution is -2.18. The van der Waals surface area contributed by atoms with Crippen LogP contribution >= 0.6 is 15.9 Å². The van der Waals surface area contributed by atoms with E-state index in [1.807, 2.05) is 48.0 Å². The Labute approximate surface area is 161 Å². The van der Waals surface area contributed by atoms with Crippen LogP contribution in [0.2, 0.25) is 0 Å². The minimum Gasteiger partial charge on any atom is -0.343 e. The molecular formula is C19H22BrN5O. The van der Waals surface area contributed by atoms with E-state index < -0.39 is 0 Å². The van der Waals surface area contributed by atoms with Crippen LogP contribution in [0.5, 0.6) is 0 Å². The van der Waals surface area contributed by atoms with E-state index in [9.17, 15) is 4.79 Å². The average Bonchev–Trinajstić information content (AvgIpc) is 3.19. The van der Waals surface area contributed by atoms with E-state index in [4.69, 9.17) is 0 Å². The van der Waals surface area contributed by atoms with Gasteiger partial charge in [-0.2, -0.15) is 9.78 Å². The first-order valence-corrected chi connectivity index (χ1v) is 9.28. The number of nitrogens with zero attached hydrogens (tertiary/aromatic N) is 4. The van der Waals surface area contributed by atoms with Gasteiger partial charge in [0.2, 0.25) is 0 Å². The molecule has 0 saturated heterocycles. The molecule has 26 heavy (non-hydrogen) atoms. The Kier molecular flexibility index (Phi) is 5.00. The number of aryl methyl sites for hydroxylation is 1. The molecule has 3 aromatic rings. The Morgan fingerprint density at radius 1 is 1.27 bits per heavy atom. The maximum atomic E-state index is 12.8. The number of carbonyl (C=O) groups excluding carboxylic acids is 1. The maximum Gasteiger partial charge on any atom is 0.273 e. The Bertz CT molecular complexity index is 921. The van der Waals surface area contributed by atoms with Crippen LogP contribution in [-0.4, -0.2) is 25.2 Å². The van der Waals surface area contributed by atoms with Gasteiger partial charge in [0.05, 0.1) is 5.69 Å². The first kappa shape index (κ1) is 18.4. The molecule has 0 bridgehead atoms. The Balaban J connectivity index is 2.01. The van der Waals surface area contributed by atoms with Crippen molar-refractivity contribution in [3.05, 3.63) is 58.6 Å². The molecule has 0 atom stereocenters.